The number of carbonyl (C=O) groups excluding carboxylic acids is 1. The standard InChI is InChI=1S/C17H16FNO2/c1-10-6-7-15(16(20)8-10)19-17(21)13-9-12(13)11-4-2-3-5-14(11)18/h2-8,12-13,20H,9H2,1H3,(H,19,21). The molecule has 0 spiro atoms. The number of anilines is 1. The average molecular weight is 285 g/mol. The highest BCUT2D eigenvalue weighted by molar-refractivity contribution is 5.96. The third-order valence-electron chi connectivity index (χ3n) is 3.84. The first-order chi connectivity index (χ1) is 10.1. The van der Waals surface area contributed by atoms with E-state index in [2.05, 4.69) is 5.32 Å². The van der Waals surface area contributed by atoms with Crippen molar-refractivity contribution < 1.29 is 14.3 Å². The maximum Gasteiger partial charge on any atom is 0.228 e. The predicted molar refractivity (Wildman–Crippen MR) is 78.7 cm³/mol. The van der Waals surface area contributed by atoms with Crippen molar-refractivity contribution in [3.05, 3.63) is 59.4 Å². The second-order valence-corrected chi connectivity index (χ2v) is 5.48. The lowest BCUT2D eigenvalue weighted by Crippen LogP contribution is -2.14. The zero-order chi connectivity index (χ0) is 15.0. The van der Waals surface area contributed by atoms with Gasteiger partial charge in [-0.15, -0.1) is 0 Å². The van der Waals surface area contributed by atoms with Gasteiger partial charge in [0.2, 0.25) is 5.91 Å². The van der Waals surface area contributed by atoms with E-state index in [1.54, 1.807) is 30.3 Å². The van der Waals surface area contributed by atoms with E-state index in [-0.39, 0.29) is 29.3 Å². The van der Waals surface area contributed by atoms with Gasteiger partial charge in [0.15, 0.2) is 0 Å². The van der Waals surface area contributed by atoms with Crippen molar-refractivity contribution in [2.45, 2.75) is 19.3 Å². The first kappa shape index (κ1) is 13.6. The van der Waals surface area contributed by atoms with Crippen LogP contribution >= 0.6 is 0 Å². The molecule has 2 unspecified atom stereocenters. The van der Waals surface area contributed by atoms with Crippen LogP contribution < -0.4 is 5.32 Å². The third-order valence-corrected chi connectivity index (χ3v) is 3.84. The highest BCUT2D eigenvalue weighted by Gasteiger charge is 2.45. The Labute approximate surface area is 122 Å². The minimum atomic E-state index is -0.268. The topological polar surface area (TPSA) is 49.3 Å². The molecular formula is C17H16FNO2. The van der Waals surface area contributed by atoms with Gasteiger partial charge in [-0.25, -0.2) is 4.39 Å². The zero-order valence-corrected chi connectivity index (χ0v) is 11.6. The van der Waals surface area contributed by atoms with Crippen molar-refractivity contribution in [1.82, 2.24) is 0 Å². The molecule has 4 heteroatoms. The van der Waals surface area contributed by atoms with Crippen LogP contribution in [-0.4, -0.2) is 11.0 Å². The molecule has 1 aliphatic carbocycles. The van der Waals surface area contributed by atoms with Crippen molar-refractivity contribution >= 4 is 11.6 Å². The second-order valence-electron chi connectivity index (χ2n) is 5.48. The highest BCUT2D eigenvalue weighted by Crippen LogP contribution is 2.48. The molecule has 2 aromatic rings. The summed E-state index contributed by atoms with van der Waals surface area (Å²) < 4.78 is 13.7. The van der Waals surface area contributed by atoms with Crippen LogP contribution in [0.15, 0.2) is 42.5 Å². The Balaban J connectivity index is 1.70. The Morgan fingerprint density at radius 2 is 2.05 bits per heavy atom. The summed E-state index contributed by atoms with van der Waals surface area (Å²) in [5.41, 5.74) is 1.90. The Hall–Kier alpha value is -2.36. The predicted octanol–water partition coefficient (Wildman–Crippen LogP) is 3.58. The van der Waals surface area contributed by atoms with Gasteiger partial charge in [0.1, 0.15) is 11.6 Å². The van der Waals surface area contributed by atoms with Crippen molar-refractivity contribution in [3.8, 4) is 5.75 Å². The molecule has 2 atom stereocenters. The van der Waals surface area contributed by atoms with E-state index >= 15 is 0 Å². The number of benzene rings is 2. The molecule has 108 valence electrons. The van der Waals surface area contributed by atoms with Gasteiger partial charge >= 0.3 is 0 Å². The number of halogens is 1. The average Bonchev–Trinajstić information content (AvgIpc) is 3.23. The van der Waals surface area contributed by atoms with Gasteiger partial charge in [-0.2, -0.15) is 0 Å². The maximum atomic E-state index is 13.7. The van der Waals surface area contributed by atoms with E-state index in [1.165, 1.54) is 6.07 Å². The van der Waals surface area contributed by atoms with E-state index in [0.717, 1.165) is 5.56 Å². The van der Waals surface area contributed by atoms with Crippen molar-refractivity contribution in [2.75, 3.05) is 5.32 Å². The normalized spacial score (nSPS) is 20.1. The Bertz CT molecular complexity index is 699. The largest absolute Gasteiger partial charge is 0.506 e. The van der Waals surface area contributed by atoms with E-state index < -0.39 is 0 Å². The van der Waals surface area contributed by atoms with Crippen molar-refractivity contribution in [2.24, 2.45) is 5.92 Å². The minimum absolute atomic E-state index is 0.0476. The van der Waals surface area contributed by atoms with Gasteiger partial charge in [-0.3, -0.25) is 4.79 Å². The molecule has 0 bridgehead atoms. The molecule has 3 nitrogen and oxygen atoms in total. The summed E-state index contributed by atoms with van der Waals surface area (Å²) in [5, 5.41) is 12.5. The lowest BCUT2D eigenvalue weighted by atomic mass is 10.1. The summed E-state index contributed by atoms with van der Waals surface area (Å²) in [4.78, 5) is 12.2. The number of phenolic OH excluding ortho intramolecular Hbond substituents is 1. The van der Waals surface area contributed by atoms with Gasteiger partial charge in [-0.05, 0) is 48.6 Å². The molecule has 0 saturated heterocycles. The van der Waals surface area contributed by atoms with E-state index in [9.17, 15) is 14.3 Å². The van der Waals surface area contributed by atoms with Crippen LogP contribution in [0.4, 0.5) is 10.1 Å². The number of carbonyl (C=O) groups is 1. The van der Waals surface area contributed by atoms with Crippen LogP contribution in [0.2, 0.25) is 0 Å². The van der Waals surface area contributed by atoms with Crippen molar-refractivity contribution in [1.29, 1.82) is 0 Å². The summed E-state index contributed by atoms with van der Waals surface area (Å²) in [6.07, 6.45) is 0.638. The van der Waals surface area contributed by atoms with E-state index in [1.807, 2.05) is 13.0 Å². The molecule has 1 aliphatic rings. The number of hydrogen-bond donors (Lipinski definition) is 2. The van der Waals surface area contributed by atoms with Crippen LogP contribution in [0.25, 0.3) is 0 Å². The SMILES string of the molecule is Cc1ccc(NC(=O)C2CC2c2ccccc2F)c(O)c1. The molecule has 1 fully saturated rings. The number of rotatable bonds is 3. The van der Waals surface area contributed by atoms with Gasteiger partial charge in [0, 0.05) is 5.92 Å². The molecule has 1 saturated carbocycles. The molecule has 0 aliphatic heterocycles. The summed E-state index contributed by atoms with van der Waals surface area (Å²) in [6.45, 7) is 1.86. The molecule has 2 N–H and O–H groups in total. The van der Waals surface area contributed by atoms with Crippen molar-refractivity contribution in [3.63, 3.8) is 0 Å². The lowest BCUT2D eigenvalue weighted by molar-refractivity contribution is -0.117. The quantitative estimate of drug-likeness (QED) is 0.847. The number of amides is 1. The molecule has 21 heavy (non-hydrogen) atoms. The van der Waals surface area contributed by atoms with Crippen LogP contribution in [0, 0.1) is 18.7 Å². The van der Waals surface area contributed by atoms with Crippen LogP contribution in [0.1, 0.15) is 23.5 Å². The molecule has 0 heterocycles. The molecule has 0 aromatic heterocycles. The smallest absolute Gasteiger partial charge is 0.228 e. The first-order valence-corrected chi connectivity index (χ1v) is 6.91. The van der Waals surface area contributed by atoms with Crippen LogP contribution in [0.3, 0.4) is 0 Å². The fourth-order valence-corrected chi connectivity index (χ4v) is 2.58. The van der Waals surface area contributed by atoms with Crippen LogP contribution in [0.5, 0.6) is 5.75 Å². The fourth-order valence-electron chi connectivity index (χ4n) is 2.58. The van der Waals surface area contributed by atoms with Gasteiger partial charge in [-0.1, -0.05) is 24.3 Å². The Kier molecular flexibility index (Phi) is 3.37. The molecule has 2 aromatic carbocycles. The minimum Gasteiger partial charge on any atom is -0.506 e. The Morgan fingerprint density at radius 1 is 1.29 bits per heavy atom. The van der Waals surface area contributed by atoms with Gasteiger partial charge < -0.3 is 10.4 Å². The van der Waals surface area contributed by atoms with Gasteiger partial charge in [0.05, 0.1) is 5.69 Å². The summed E-state index contributed by atoms with van der Waals surface area (Å²) in [5.74, 6) is -0.703. The maximum absolute atomic E-state index is 13.7. The first-order valence-electron chi connectivity index (χ1n) is 6.91. The monoisotopic (exact) mass is 285 g/mol. The molecule has 0 radical (unpaired) electrons. The van der Waals surface area contributed by atoms with Crippen LogP contribution in [-0.2, 0) is 4.79 Å². The zero-order valence-electron chi connectivity index (χ0n) is 11.6. The second kappa shape index (κ2) is 5.20. The number of aromatic hydroxyl groups is 1. The summed E-state index contributed by atoms with van der Waals surface area (Å²) in [7, 11) is 0. The number of aryl methyl sites for hydroxylation is 1. The van der Waals surface area contributed by atoms with E-state index in [0.29, 0.717) is 17.7 Å². The van der Waals surface area contributed by atoms with Gasteiger partial charge in [0.25, 0.3) is 0 Å². The summed E-state index contributed by atoms with van der Waals surface area (Å²) >= 11 is 0. The Morgan fingerprint density at radius 3 is 2.76 bits per heavy atom. The highest BCUT2D eigenvalue weighted by atomic mass is 19.1. The molecule has 1 amide bonds. The molecule has 3 rings (SSSR count). The molecular weight excluding hydrogens is 269 g/mol. The number of nitrogens with one attached hydrogen (secondary N) is 1. The number of hydrogen-bond acceptors (Lipinski definition) is 2. The van der Waals surface area contributed by atoms with E-state index in [4.69, 9.17) is 0 Å². The third kappa shape index (κ3) is 2.75. The fraction of sp³-hybridized carbons (Fsp3) is 0.235. The number of phenols is 1. The lowest BCUT2D eigenvalue weighted by Gasteiger charge is -2.08. The summed E-state index contributed by atoms with van der Waals surface area (Å²) in [6, 6.07) is 11.6.